The standard InChI is InChI=1S/C19H18N4O8S/c1-12(22-32(27,28)16-9-7-15(29-2)8-10-16)19(24)30-11-17-20-21-18(31-17)13-3-5-14(6-4-13)23(25)26/h3-10,12,22H,11H2,1-2H3/t12-/m0/s1. The van der Waals surface area contributed by atoms with Gasteiger partial charge in [-0.25, -0.2) is 8.42 Å². The van der Waals surface area contributed by atoms with Gasteiger partial charge in [0.2, 0.25) is 15.9 Å². The number of non-ortho nitro benzene ring substituents is 1. The van der Waals surface area contributed by atoms with Crippen molar-refractivity contribution >= 4 is 21.7 Å². The zero-order chi connectivity index (χ0) is 23.3. The molecule has 1 heterocycles. The Hall–Kier alpha value is -3.84. The van der Waals surface area contributed by atoms with Crippen LogP contribution in [0.25, 0.3) is 11.5 Å². The fourth-order valence-electron chi connectivity index (χ4n) is 2.52. The molecule has 1 aromatic heterocycles. The Labute approximate surface area is 182 Å². The summed E-state index contributed by atoms with van der Waals surface area (Å²) in [6, 6.07) is 9.93. The van der Waals surface area contributed by atoms with Crippen LogP contribution < -0.4 is 9.46 Å². The fraction of sp³-hybridized carbons (Fsp3) is 0.211. The number of benzene rings is 2. The number of carbonyl (C=O) groups is 1. The van der Waals surface area contributed by atoms with Crippen LogP contribution in [0.15, 0.2) is 57.8 Å². The summed E-state index contributed by atoms with van der Waals surface area (Å²) in [5.74, 6) is -0.308. The van der Waals surface area contributed by atoms with Gasteiger partial charge in [-0.2, -0.15) is 4.72 Å². The number of rotatable bonds is 9. The lowest BCUT2D eigenvalue weighted by Gasteiger charge is -2.13. The molecule has 1 N–H and O–H groups in total. The summed E-state index contributed by atoms with van der Waals surface area (Å²) in [5, 5.41) is 18.2. The maximum atomic E-state index is 12.4. The van der Waals surface area contributed by atoms with Gasteiger partial charge in [-0.15, -0.1) is 10.2 Å². The predicted octanol–water partition coefficient (Wildman–Crippen LogP) is 2.06. The number of nitrogens with one attached hydrogen (secondary N) is 1. The third-order valence-electron chi connectivity index (χ3n) is 4.19. The number of nitro groups is 1. The summed E-state index contributed by atoms with van der Waals surface area (Å²) in [5.41, 5.74) is 0.356. The van der Waals surface area contributed by atoms with Crippen LogP contribution in [0.3, 0.4) is 0 Å². The van der Waals surface area contributed by atoms with Crippen molar-refractivity contribution in [1.82, 2.24) is 14.9 Å². The van der Waals surface area contributed by atoms with E-state index in [0.29, 0.717) is 11.3 Å². The molecule has 168 valence electrons. The molecule has 0 aliphatic carbocycles. The number of nitrogens with zero attached hydrogens (tertiary/aromatic N) is 3. The third kappa shape index (κ3) is 5.44. The average molecular weight is 462 g/mol. The summed E-state index contributed by atoms with van der Waals surface area (Å²) in [7, 11) is -2.50. The van der Waals surface area contributed by atoms with E-state index in [1.54, 1.807) is 0 Å². The largest absolute Gasteiger partial charge is 0.497 e. The van der Waals surface area contributed by atoms with Gasteiger partial charge in [0.25, 0.3) is 11.6 Å². The Morgan fingerprint density at radius 1 is 1.16 bits per heavy atom. The lowest BCUT2D eigenvalue weighted by Crippen LogP contribution is -2.39. The maximum Gasteiger partial charge on any atom is 0.324 e. The van der Waals surface area contributed by atoms with Crippen molar-refractivity contribution in [2.24, 2.45) is 0 Å². The highest BCUT2D eigenvalue weighted by molar-refractivity contribution is 7.89. The van der Waals surface area contributed by atoms with Crippen LogP contribution in [-0.2, 0) is 26.2 Å². The molecule has 0 saturated heterocycles. The topological polar surface area (TPSA) is 164 Å². The highest BCUT2D eigenvalue weighted by atomic mass is 32.2. The lowest BCUT2D eigenvalue weighted by atomic mass is 10.2. The average Bonchev–Trinajstić information content (AvgIpc) is 3.26. The van der Waals surface area contributed by atoms with Crippen LogP contribution in [0.1, 0.15) is 12.8 Å². The first-order valence-corrected chi connectivity index (χ1v) is 10.6. The molecule has 0 aliphatic heterocycles. The molecule has 0 fully saturated rings. The molecule has 0 saturated carbocycles. The Morgan fingerprint density at radius 3 is 2.41 bits per heavy atom. The first-order chi connectivity index (χ1) is 15.2. The summed E-state index contributed by atoms with van der Waals surface area (Å²) < 4.78 is 42.4. The van der Waals surface area contributed by atoms with Gasteiger partial charge in [0.15, 0.2) is 6.61 Å². The number of carbonyl (C=O) groups excluding carboxylic acids is 1. The molecule has 1 atom stereocenters. The number of aromatic nitrogens is 2. The van der Waals surface area contributed by atoms with E-state index < -0.39 is 27.0 Å². The molecule has 0 radical (unpaired) electrons. The van der Waals surface area contributed by atoms with E-state index in [9.17, 15) is 23.3 Å². The van der Waals surface area contributed by atoms with Crippen LogP contribution in [0, 0.1) is 10.1 Å². The van der Waals surface area contributed by atoms with Crippen molar-refractivity contribution in [3.05, 3.63) is 64.5 Å². The molecule has 2 aromatic carbocycles. The minimum atomic E-state index is -3.96. The smallest absolute Gasteiger partial charge is 0.324 e. The van der Waals surface area contributed by atoms with Crippen LogP contribution in [0.4, 0.5) is 5.69 Å². The quantitative estimate of drug-likeness (QED) is 0.283. The van der Waals surface area contributed by atoms with E-state index in [4.69, 9.17) is 13.9 Å². The minimum Gasteiger partial charge on any atom is -0.497 e. The van der Waals surface area contributed by atoms with Gasteiger partial charge < -0.3 is 13.9 Å². The fourth-order valence-corrected chi connectivity index (χ4v) is 3.71. The van der Waals surface area contributed by atoms with Crippen molar-refractivity contribution in [2.45, 2.75) is 24.5 Å². The molecule has 13 heteroatoms. The van der Waals surface area contributed by atoms with Gasteiger partial charge in [-0.05, 0) is 43.3 Å². The van der Waals surface area contributed by atoms with Gasteiger partial charge in [-0.3, -0.25) is 14.9 Å². The summed E-state index contributed by atoms with van der Waals surface area (Å²) in [4.78, 5) is 22.3. The normalized spacial score (nSPS) is 12.2. The van der Waals surface area contributed by atoms with E-state index in [0.717, 1.165) is 0 Å². The predicted molar refractivity (Wildman–Crippen MR) is 109 cm³/mol. The van der Waals surface area contributed by atoms with Crippen molar-refractivity contribution in [1.29, 1.82) is 0 Å². The third-order valence-corrected chi connectivity index (χ3v) is 5.74. The first kappa shape index (κ1) is 22.8. The van der Waals surface area contributed by atoms with Crippen LogP contribution in [-0.4, -0.2) is 42.7 Å². The van der Waals surface area contributed by atoms with Crippen molar-refractivity contribution in [2.75, 3.05) is 7.11 Å². The number of hydrogen-bond acceptors (Lipinski definition) is 10. The molecule has 0 bridgehead atoms. The number of methoxy groups -OCH3 is 1. The summed E-state index contributed by atoms with van der Waals surface area (Å²) in [6.45, 7) is 0.951. The number of ether oxygens (including phenoxy) is 2. The second-order valence-corrected chi connectivity index (χ2v) is 8.15. The number of sulfonamides is 1. The van der Waals surface area contributed by atoms with Crippen molar-refractivity contribution in [3.63, 3.8) is 0 Å². The van der Waals surface area contributed by atoms with E-state index in [1.165, 1.54) is 62.6 Å². The molecule has 0 aliphatic rings. The Bertz CT molecular complexity index is 1210. The first-order valence-electron chi connectivity index (χ1n) is 9.10. The van der Waals surface area contributed by atoms with Gasteiger partial charge in [0.1, 0.15) is 11.8 Å². The second-order valence-electron chi connectivity index (χ2n) is 6.43. The lowest BCUT2D eigenvalue weighted by molar-refractivity contribution is -0.384. The van der Waals surface area contributed by atoms with E-state index in [2.05, 4.69) is 14.9 Å². The summed E-state index contributed by atoms with van der Waals surface area (Å²) in [6.07, 6.45) is 0. The van der Waals surface area contributed by atoms with Crippen molar-refractivity contribution in [3.8, 4) is 17.2 Å². The summed E-state index contributed by atoms with van der Waals surface area (Å²) >= 11 is 0. The zero-order valence-electron chi connectivity index (χ0n) is 16.9. The molecule has 0 amide bonds. The molecular formula is C19H18N4O8S. The van der Waals surface area contributed by atoms with Gasteiger partial charge in [0.05, 0.1) is 16.9 Å². The molecule has 0 spiro atoms. The van der Waals surface area contributed by atoms with Crippen LogP contribution >= 0.6 is 0 Å². The highest BCUT2D eigenvalue weighted by Gasteiger charge is 2.24. The Morgan fingerprint density at radius 2 is 1.81 bits per heavy atom. The molecule has 32 heavy (non-hydrogen) atoms. The monoisotopic (exact) mass is 462 g/mol. The minimum absolute atomic E-state index is 0.0306. The molecule has 3 rings (SSSR count). The van der Waals surface area contributed by atoms with Crippen molar-refractivity contribution < 1.29 is 32.0 Å². The molecular weight excluding hydrogens is 444 g/mol. The van der Waals surface area contributed by atoms with Gasteiger partial charge in [-0.1, -0.05) is 0 Å². The molecule has 12 nitrogen and oxygen atoms in total. The van der Waals surface area contributed by atoms with Gasteiger partial charge >= 0.3 is 5.97 Å². The molecule has 3 aromatic rings. The Kier molecular flexibility index (Phi) is 6.80. The maximum absolute atomic E-state index is 12.4. The number of nitro benzene ring substituents is 1. The second kappa shape index (κ2) is 9.53. The number of hydrogen-bond donors (Lipinski definition) is 1. The van der Waals surface area contributed by atoms with Crippen LogP contribution in [0.2, 0.25) is 0 Å². The van der Waals surface area contributed by atoms with Gasteiger partial charge in [0, 0.05) is 17.7 Å². The van der Waals surface area contributed by atoms with Crippen LogP contribution in [0.5, 0.6) is 5.75 Å². The molecule has 0 unspecified atom stereocenters. The SMILES string of the molecule is COc1ccc(S(=O)(=O)N[C@@H](C)C(=O)OCc2nnc(-c3ccc([N+](=O)[O-])cc3)o2)cc1. The van der Waals surface area contributed by atoms with E-state index in [-0.39, 0.29) is 29.0 Å². The highest BCUT2D eigenvalue weighted by Crippen LogP contribution is 2.21. The van der Waals surface area contributed by atoms with E-state index >= 15 is 0 Å². The van der Waals surface area contributed by atoms with E-state index in [1.807, 2.05) is 0 Å². The number of esters is 1. The zero-order valence-corrected chi connectivity index (χ0v) is 17.7. The Balaban J connectivity index is 1.57.